The van der Waals surface area contributed by atoms with Crippen LogP contribution in [0.3, 0.4) is 0 Å². The van der Waals surface area contributed by atoms with Crippen LogP contribution >= 0.6 is 35.0 Å². The predicted octanol–water partition coefficient (Wildman–Crippen LogP) is 7.70. The fourth-order valence-corrected chi connectivity index (χ4v) is 4.70. The van der Waals surface area contributed by atoms with Crippen LogP contribution in [-0.4, -0.2) is 32.9 Å². The molecule has 1 aromatic heterocycles. The van der Waals surface area contributed by atoms with Crippen molar-refractivity contribution < 1.29 is 19.4 Å². The lowest BCUT2D eigenvalue weighted by Gasteiger charge is -2.17. The van der Waals surface area contributed by atoms with Crippen LogP contribution in [0.2, 0.25) is 10.0 Å². The van der Waals surface area contributed by atoms with Crippen LogP contribution in [0.1, 0.15) is 23.6 Å². The molecule has 0 saturated carbocycles. The smallest absolute Gasteiger partial charge is 0.342 e. The number of hydrogen-bond acceptors (Lipinski definition) is 6. The van der Waals surface area contributed by atoms with E-state index < -0.39 is 5.97 Å². The molecule has 2 N–H and O–H groups in total. The molecule has 0 spiro atoms. The molecule has 0 atom stereocenters. The van der Waals surface area contributed by atoms with E-state index in [1.165, 1.54) is 0 Å². The molecule has 0 aliphatic rings. The van der Waals surface area contributed by atoms with Crippen molar-refractivity contribution in [3.05, 3.63) is 105 Å². The number of carboxylic acid groups (broad SMARTS) is 1. The first-order valence-electron chi connectivity index (χ1n) is 12.0. The maximum absolute atomic E-state index is 12.1. The zero-order valence-electron chi connectivity index (χ0n) is 21.0. The van der Waals surface area contributed by atoms with Gasteiger partial charge in [0.05, 0.1) is 6.61 Å². The summed E-state index contributed by atoms with van der Waals surface area (Å²) < 4.78 is 12.1. The molecule has 0 unspecified atom stereocenters. The molecular formula is C29H25Cl2N3O4S. The Hall–Kier alpha value is -3.72. The van der Waals surface area contributed by atoms with Gasteiger partial charge in [0.15, 0.2) is 17.3 Å². The summed E-state index contributed by atoms with van der Waals surface area (Å²) in [5, 5.41) is 18.4. The van der Waals surface area contributed by atoms with Crippen molar-refractivity contribution in [3.8, 4) is 22.9 Å². The van der Waals surface area contributed by atoms with E-state index in [9.17, 15) is 9.90 Å². The lowest BCUT2D eigenvalue weighted by molar-refractivity contribution is -0.131. The van der Waals surface area contributed by atoms with Crippen molar-refractivity contribution in [2.75, 3.05) is 6.61 Å². The molecule has 200 valence electrons. The van der Waals surface area contributed by atoms with Gasteiger partial charge in [-0.2, -0.15) is 0 Å². The molecule has 0 fully saturated rings. The SMILES string of the molecule is C=CCc1cc(/C=C(/Sc2n[nH]c(-c3ccc(Cl)cc3)n2)C(=O)O)cc(OCC)c1OCc1ccccc1Cl. The first-order chi connectivity index (χ1) is 18.9. The number of carbonyl (C=O) groups is 1. The van der Waals surface area contributed by atoms with Crippen molar-refractivity contribution in [1.29, 1.82) is 0 Å². The highest BCUT2D eigenvalue weighted by molar-refractivity contribution is 8.04. The topological polar surface area (TPSA) is 97.3 Å². The second kappa shape index (κ2) is 13.4. The summed E-state index contributed by atoms with van der Waals surface area (Å²) in [6.45, 7) is 6.37. The molecular weight excluding hydrogens is 557 g/mol. The number of H-pyrrole nitrogens is 1. The zero-order valence-corrected chi connectivity index (χ0v) is 23.3. The van der Waals surface area contributed by atoms with Gasteiger partial charge in [0.2, 0.25) is 5.16 Å². The van der Waals surface area contributed by atoms with Gasteiger partial charge in [0.25, 0.3) is 0 Å². The van der Waals surface area contributed by atoms with Crippen LogP contribution in [0.25, 0.3) is 17.5 Å². The fraction of sp³-hybridized carbons (Fsp3) is 0.138. The number of aromatic amines is 1. The molecule has 10 heteroatoms. The van der Waals surface area contributed by atoms with Crippen molar-refractivity contribution in [2.24, 2.45) is 0 Å². The van der Waals surface area contributed by atoms with E-state index in [1.54, 1.807) is 48.6 Å². The van der Waals surface area contributed by atoms with E-state index in [-0.39, 0.29) is 16.7 Å². The quantitative estimate of drug-likeness (QED) is 0.100. The normalized spacial score (nSPS) is 11.3. The molecule has 0 aliphatic carbocycles. The summed E-state index contributed by atoms with van der Waals surface area (Å²) in [5.74, 6) is 0.443. The number of ether oxygens (including phenoxy) is 2. The Labute approximate surface area is 240 Å². The minimum Gasteiger partial charge on any atom is -0.490 e. The molecule has 1 heterocycles. The van der Waals surface area contributed by atoms with E-state index >= 15 is 0 Å². The Kier molecular flexibility index (Phi) is 9.70. The number of carboxylic acids is 1. The molecule has 0 amide bonds. The minimum absolute atomic E-state index is 0.0355. The maximum atomic E-state index is 12.1. The number of benzene rings is 3. The molecule has 39 heavy (non-hydrogen) atoms. The number of hydrogen-bond donors (Lipinski definition) is 2. The molecule has 4 aromatic rings. The Morgan fingerprint density at radius 3 is 2.56 bits per heavy atom. The van der Waals surface area contributed by atoms with E-state index in [0.29, 0.717) is 46.0 Å². The summed E-state index contributed by atoms with van der Waals surface area (Å²) in [6.07, 6.45) is 3.79. The predicted molar refractivity (Wildman–Crippen MR) is 156 cm³/mol. The van der Waals surface area contributed by atoms with E-state index in [4.69, 9.17) is 32.7 Å². The van der Waals surface area contributed by atoms with E-state index in [2.05, 4.69) is 21.8 Å². The van der Waals surface area contributed by atoms with Gasteiger partial charge in [-0.05, 0) is 79.2 Å². The summed E-state index contributed by atoms with van der Waals surface area (Å²) in [7, 11) is 0. The van der Waals surface area contributed by atoms with E-state index in [0.717, 1.165) is 28.5 Å². The lowest BCUT2D eigenvalue weighted by atomic mass is 10.0. The van der Waals surface area contributed by atoms with Crippen LogP contribution < -0.4 is 9.47 Å². The Balaban J connectivity index is 1.64. The molecule has 3 aromatic carbocycles. The van der Waals surface area contributed by atoms with Crippen molar-refractivity contribution in [1.82, 2.24) is 15.2 Å². The minimum atomic E-state index is -1.11. The van der Waals surface area contributed by atoms with Crippen LogP contribution in [-0.2, 0) is 17.8 Å². The van der Waals surface area contributed by atoms with Gasteiger partial charge in [0.1, 0.15) is 11.5 Å². The van der Waals surface area contributed by atoms with Gasteiger partial charge >= 0.3 is 5.97 Å². The maximum Gasteiger partial charge on any atom is 0.342 e. The summed E-state index contributed by atoms with van der Waals surface area (Å²) in [6, 6.07) is 18.1. The molecule has 7 nitrogen and oxygen atoms in total. The van der Waals surface area contributed by atoms with E-state index in [1.807, 2.05) is 31.2 Å². The number of nitrogens with zero attached hydrogens (tertiary/aromatic N) is 2. The Morgan fingerprint density at radius 1 is 1.10 bits per heavy atom. The summed E-state index contributed by atoms with van der Waals surface area (Å²) in [5.41, 5.74) is 3.04. The third kappa shape index (κ3) is 7.44. The second-order valence-corrected chi connectivity index (χ2v) is 10.1. The highest BCUT2D eigenvalue weighted by Gasteiger charge is 2.18. The van der Waals surface area contributed by atoms with Crippen molar-refractivity contribution in [3.63, 3.8) is 0 Å². The third-order valence-corrected chi connectivity index (χ3v) is 6.94. The summed E-state index contributed by atoms with van der Waals surface area (Å²) >= 11 is 13.2. The number of rotatable bonds is 12. The standard InChI is InChI=1S/C29H25Cl2N3O4S/c1-3-7-20-14-18(15-24(37-4-2)26(20)38-17-21-8-5-6-9-23(21)31)16-25(28(35)36)39-29-32-27(33-34-29)19-10-12-22(30)13-11-19/h3,5-6,8-16H,1,4,7,17H2,2H3,(H,35,36)(H,32,33,34)/b25-16+. The highest BCUT2D eigenvalue weighted by Crippen LogP contribution is 2.37. The number of thioether (sulfide) groups is 1. The zero-order chi connectivity index (χ0) is 27.8. The van der Waals surface area contributed by atoms with Gasteiger partial charge in [0, 0.05) is 26.7 Å². The van der Waals surface area contributed by atoms with Crippen molar-refractivity contribution >= 4 is 47.0 Å². The third-order valence-electron chi connectivity index (χ3n) is 5.44. The first-order valence-corrected chi connectivity index (χ1v) is 13.5. The number of aromatic nitrogens is 3. The Morgan fingerprint density at radius 2 is 1.87 bits per heavy atom. The fourth-order valence-electron chi connectivity index (χ4n) is 3.68. The average molecular weight is 583 g/mol. The van der Waals surface area contributed by atoms with Gasteiger partial charge < -0.3 is 14.6 Å². The molecule has 4 rings (SSSR count). The monoisotopic (exact) mass is 581 g/mol. The van der Waals surface area contributed by atoms with Gasteiger partial charge in [-0.15, -0.1) is 11.7 Å². The van der Waals surface area contributed by atoms with Crippen LogP contribution in [0.5, 0.6) is 11.5 Å². The number of allylic oxidation sites excluding steroid dienone is 1. The Bertz CT molecular complexity index is 1500. The van der Waals surface area contributed by atoms with Gasteiger partial charge in [-0.1, -0.05) is 47.5 Å². The number of halogens is 2. The van der Waals surface area contributed by atoms with Crippen LogP contribution in [0.15, 0.2) is 83.4 Å². The average Bonchev–Trinajstić information content (AvgIpc) is 3.38. The lowest BCUT2D eigenvalue weighted by Crippen LogP contribution is -2.04. The number of aliphatic carboxylic acids is 1. The molecule has 0 bridgehead atoms. The van der Waals surface area contributed by atoms with Crippen LogP contribution in [0.4, 0.5) is 0 Å². The molecule has 0 radical (unpaired) electrons. The summed E-state index contributed by atoms with van der Waals surface area (Å²) in [4.78, 5) is 16.6. The second-order valence-electron chi connectivity index (χ2n) is 8.20. The van der Waals surface area contributed by atoms with Gasteiger partial charge in [-0.3, -0.25) is 5.10 Å². The molecule has 0 aliphatic heterocycles. The van der Waals surface area contributed by atoms with Crippen LogP contribution in [0, 0.1) is 0 Å². The number of nitrogens with one attached hydrogen (secondary N) is 1. The van der Waals surface area contributed by atoms with Crippen molar-refractivity contribution in [2.45, 2.75) is 25.1 Å². The molecule has 0 saturated heterocycles. The largest absolute Gasteiger partial charge is 0.490 e. The highest BCUT2D eigenvalue weighted by atomic mass is 35.5. The van der Waals surface area contributed by atoms with Gasteiger partial charge in [-0.25, -0.2) is 9.78 Å². The first kappa shape index (κ1) is 28.3.